The van der Waals surface area contributed by atoms with Crippen molar-refractivity contribution in [3.05, 3.63) is 47.3 Å². The molecule has 1 aromatic carbocycles. The van der Waals surface area contributed by atoms with Gasteiger partial charge in [-0.25, -0.2) is 0 Å². The summed E-state index contributed by atoms with van der Waals surface area (Å²) in [5.41, 5.74) is 15.8. The number of hydrogen-bond acceptors (Lipinski definition) is 4. The zero-order valence-corrected chi connectivity index (χ0v) is 22.7. The van der Waals surface area contributed by atoms with E-state index >= 15 is 0 Å². The Labute approximate surface area is 204 Å². The Kier molecular flexibility index (Phi) is 20.9. The summed E-state index contributed by atoms with van der Waals surface area (Å²) in [4.78, 5) is 6.62. The van der Waals surface area contributed by atoms with Crippen LogP contribution < -0.4 is 11.1 Å². The molecule has 5 N–H and O–H groups in total. The van der Waals surface area contributed by atoms with Gasteiger partial charge in [-0.1, -0.05) is 50.6 Å². The number of aromatic nitrogens is 1. The largest absolute Gasteiger partial charge is 0.677 e. The number of nitrogens with one attached hydrogen (secondary N) is 3. The zero-order valence-electron chi connectivity index (χ0n) is 19.7. The van der Waals surface area contributed by atoms with Gasteiger partial charge in [-0.2, -0.15) is 0 Å². The molecule has 1 aromatic heterocycles. The second-order valence-electron chi connectivity index (χ2n) is 6.33. The zero-order chi connectivity index (χ0) is 24.2. The molecule has 0 saturated heterocycles. The second kappa shape index (κ2) is 20.4. The molecule has 2 rings (SSSR count). The first-order chi connectivity index (χ1) is 15.0. The number of hydrogen-bond donors (Lipinski definition) is 3. The Balaban J connectivity index is 0. The number of fused-ring (bicyclic) bond motifs is 1. The number of nitrogens with two attached hydrogens (primary N) is 1. The average Bonchev–Trinajstić information content (AvgIpc) is 2.79. The first-order valence-corrected chi connectivity index (χ1v) is 13.3. The number of halogens is 1. The molecule has 0 aliphatic rings. The van der Waals surface area contributed by atoms with Gasteiger partial charge in [-0.3, -0.25) is 10.4 Å². The molecule has 1 heterocycles. The molecule has 0 atom stereocenters. The molecule has 0 unspecified atom stereocenters. The number of likely N-dealkylation sites (N-methyl/N-ethyl adjacent to an activating group) is 1. The molecule has 2 aromatic rings. The predicted molar refractivity (Wildman–Crippen MR) is 136 cm³/mol. The van der Waals surface area contributed by atoms with E-state index < -0.39 is 0 Å². The molecular weight excluding hydrogens is 591 g/mol. The van der Waals surface area contributed by atoms with Gasteiger partial charge in [0.2, 0.25) is 0 Å². The van der Waals surface area contributed by atoms with Crippen molar-refractivity contribution in [1.29, 1.82) is 5.41 Å². The van der Waals surface area contributed by atoms with Crippen molar-refractivity contribution < 1.29 is 18.8 Å². The minimum atomic E-state index is 0.469. The second-order valence-corrected chi connectivity index (χ2v) is 6.33. The van der Waals surface area contributed by atoms with Crippen molar-refractivity contribution in [1.82, 2.24) is 9.88 Å². The van der Waals surface area contributed by atoms with Gasteiger partial charge in [0.25, 0.3) is 0 Å². The van der Waals surface area contributed by atoms with Crippen molar-refractivity contribution >= 4 is 37.9 Å². The Hall–Kier alpha value is -1.46. The number of nitrogens with zero attached hydrogens (tertiary/aromatic N) is 2. The van der Waals surface area contributed by atoms with Gasteiger partial charge in [0, 0.05) is 36.8 Å². The van der Waals surface area contributed by atoms with Gasteiger partial charge in [-0.05, 0) is 33.4 Å². The number of anilines is 1. The SMILES string of the molecule is C/C=C\c1c(C)nc2ccccc2c1NCCN(C)C(C)=N.CC.[Cl][Pt+].[NH-]CCCN. The Morgan fingerprint density at radius 1 is 1.32 bits per heavy atom. The number of allylic oxidation sites excluding steroid dienone is 1. The van der Waals surface area contributed by atoms with Crippen molar-refractivity contribution in [3.63, 3.8) is 0 Å². The number of benzene rings is 1. The maximum absolute atomic E-state index is 7.63. The Bertz CT molecular complexity index is 765. The summed E-state index contributed by atoms with van der Waals surface area (Å²) in [6.45, 7) is 12.6. The van der Waals surface area contributed by atoms with Crippen LogP contribution >= 0.6 is 9.42 Å². The number of para-hydroxylation sites is 1. The maximum Gasteiger partial charge on any atom is -0.00937 e. The van der Waals surface area contributed by atoms with Crippen molar-refractivity contribution in [2.45, 2.75) is 41.0 Å². The van der Waals surface area contributed by atoms with Crippen LogP contribution in [0.1, 0.15) is 45.4 Å². The molecule has 0 spiro atoms. The summed E-state index contributed by atoms with van der Waals surface area (Å²) in [6.07, 6.45) is 4.97. The van der Waals surface area contributed by atoms with E-state index in [1.54, 1.807) is 25.7 Å². The van der Waals surface area contributed by atoms with E-state index in [2.05, 4.69) is 26.9 Å². The summed E-state index contributed by atoms with van der Waals surface area (Å²) in [5.74, 6) is 0.575. The summed E-state index contributed by atoms with van der Waals surface area (Å²) in [7, 11) is 6.55. The standard InChI is InChI=1S/C18H24N4.C3H9N2.C2H6.ClH.Pt/c1-5-8-15-13(2)21-17-10-7-6-9-16(17)18(15)20-11-12-22(4)14(3)19;4-2-1-3-5;1-2;;/h5-10,19H,11-12H2,1-4H3,(H,20,21);4H,1-3,5H2;1-2H3;1H;/q;-1;;;+2/p-1/b8-5-,19-14?;;;;. The third kappa shape index (κ3) is 12.2. The van der Waals surface area contributed by atoms with Crippen LogP contribution in [0, 0.1) is 12.3 Å². The predicted octanol–water partition coefficient (Wildman–Crippen LogP) is 6.02. The molecule has 0 fully saturated rings. The molecule has 31 heavy (non-hydrogen) atoms. The maximum atomic E-state index is 7.63. The molecule has 0 saturated carbocycles. The minimum absolute atomic E-state index is 0.469. The van der Waals surface area contributed by atoms with E-state index in [-0.39, 0.29) is 0 Å². The molecule has 0 bridgehead atoms. The fourth-order valence-electron chi connectivity index (χ4n) is 2.53. The normalized spacial score (nSPS) is 9.65. The molecule has 178 valence electrons. The van der Waals surface area contributed by atoms with Crippen molar-refractivity contribution in [2.24, 2.45) is 5.73 Å². The third-order valence-electron chi connectivity index (χ3n) is 4.16. The Morgan fingerprint density at radius 3 is 2.42 bits per heavy atom. The molecule has 0 aliphatic carbocycles. The number of aryl methyl sites for hydroxylation is 1. The molecule has 8 heteroatoms. The van der Waals surface area contributed by atoms with Gasteiger partial charge in [0.1, 0.15) is 0 Å². The van der Waals surface area contributed by atoms with Crippen molar-refractivity contribution in [2.75, 3.05) is 38.5 Å². The molecule has 0 amide bonds. The average molecular weight is 630 g/mol. The first-order valence-electron chi connectivity index (χ1n) is 10.4. The summed E-state index contributed by atoms with van der Waals surface area (Å²) in [5, 5.41) is 12.3. The topological polar surface area (TPSA) is 102 Å². The number of rotatable bonds is 7. The monoisotopic (exact) mass is 629 g/mol. The van der Waals surface area contributed by atoms with Crippen LogP contribution in [-0.2, 0) is 18.8 Å². The van der Waals surface area contributed by atoms with Crippen LogP contribution in [0.4, 0.5) is 5.69 Å². The van der Waals surface area contributed by atoms with Gasteiger partial charge in [0.15, 0.2) is 0 Å². The van der Waals surface area contributed by atoms with E-state index in [1.165, 1.54) is 0 Å². The van der Waals surface area contributed by atoms with Crippen LogP contribution in [0.2, 0.25) is 0 Å². The van der Waals surface area contributed by atoms with E-state index in [9.17, 15) is 0 Å². The molecular formula is C23H39ClN6Pt. The van der Waals surface area contributed by atoms with Gasteiger partial charge in [0.05, 0.1) is 17.0 Å². The van der Waals surface area contributed by atoms with Crippen LogP contribution in [-0.4, -0.2) is 48.9 Å². The van der Waals surface area contributed by atoms with E-state index in [4.69, 9.17) is 21.9 Å². The van der Waals surface area contributed by atoms with Crippen LogP contribution in [0.15, 0.2) is 30.3 Å². The minimum Gasteiger partial charge on any atom is -0.677 e. The molecule has 0 aliphatic heterocycles. The van der Waals surface area contributed by atoms with E-state index in [0.29, 0.717) is 18.9 Å². The van der Waals surface area contributed by atoms with E-state index in [0.717, 1.165) is 47.4 Å². The smallest absolute Gasteiger partial charge is 0.00937 e. The third-order valence-corrected chi connectivity index (χ3v) is 4.16. The fourth-order valence-corrected chi connectivity index (χ4v) is 2.53. The van der Waals surface area contributed by atoms with Crippen LogP contribution in [0.3, 0.4) is 0 Å². The Morgan fingerprint density at radius 2 is 1.94 bits per heavy atom. The van der Waals surface area contributed by atoms with Crippen LogP contribution in [0.25, 0.3) is 22.7 Å². The molecule has 6 nitrogen and oxygen atoms in total. The van der Waals surface area contributed by atoms with Crippen LogP contribution in [0.5, 0.6) is 0 Å². The summed E-state index contributed by atoms with van der Waals surface area (Å²) < 4.78 is 0. The molecule has 0 radical (unpaired) electrons. The van der Waals surface area contributed by atoms with Gasteiger partial charge < -0.3 is 21.7 Å². The summed E-state index contributed by atoms with van der Waals surface area (Å²) in [6, 6.07) is 8.20. The van der Waals surface area contributed by atoms with Gasteiger partial charge in [-0.15, -0.1) is 6.54 Å². The van der Waals surface area contributed by atoms with Crippen molar-refractivity contribution in [3.8, 4) is 0 Å². The quantitative estimate of drug-likeness (QED) is 0.258. The number of pyridine rings is 1. The van der Waals surface area contributed by atoms with Gasteiger partial charge >= 0.3 is 28.2 Å². The van der Waals surface area contributed by atoms with E-state index in [1.807, 2.05) is 63.9 Å². The fraction of sp³-hybridized carbons (Fsp3) is 0.478. The summed E-state index contributed by atoms with van der Waals surface area (Å²) >= 11 is 1.61. The first kappa shape index (κ1) is 31.7. The number of amidine groups is 1.